The van der Waals surface area contributed by atoms with E-state index in [0.717, 1.165) is 4.57 Å². The Morgan fingerprint density at radius 2 is 2.10 bits per heavy atom. The van der Waals surface area contributed by atoms with Crippen molar-refractivity contribution in [3.63, 3.8) is 0 Å². The van der Waals surface area contributed by atoms with Crippen LogP contribution >= 0.6 is 15.9 Å². The minimum atomic E-state index is -0.613. The lowest BCUT2D eigenvalue weighted by Gasteiger charge is -2.29. The number of aromatic amines is 1. The molecule has 0 atom stereocenters. The molecule has 1 rings (SSSR count). The number of hydrogen-bond acceptors (Lipinski definition) is 4. The van der Waals surface area contributed by atoms with Gasteiger partial charge in [0.25, 0.3) is 5.56 Å². The lowest BCUT2D eigenvalue weighted by Crippen LogP contribution is -2.42. The van der Waals surface area contributed by atoms with Gasteiger partial charge in [-0.05, 0) is 27.9 Å². The molecule has 7 nitrogen and oxygen atoms in total. The van der Waals surface area contributed by atoms with Gasteiger partial charge in [0, 0.05) is 19.8 Å². The second kappa shape index (κ2) is 6.36. The standard InChI is InChI=1S/C12H19BrN4O3/c1-12(2,6-14)7-16(3)9(18)5-17-4-8(13)10(19)15-11(17)20/h4H,5-7,14H2,1-3H3,(H,15,19,20). The van der Waals surface area contributed by atoms with Crippen molar-refractivity contribution in [1.82, 2.24) is 14.5 Å². The van der Waals surface area contributed by atoms with Crippen molar-refractivity contribution in [2.75, 3.05) is 20.1 Å². The number of nitrogens with two attached hydrogens (primary N) is 1. The Balaban J connectivity index is 2.84. The van der Waals surface area contributed by atoms with Gasteiger partial charge in [0.05, 0.1) is 4.47 Å². The lowest BCUT2D eigenvalue weighted by molar-refractivity contribution is -0.131. The summed E-state index contributed by atoms with van der Waals surface area (Å²) in [5.74, 6) is -0.229. The van der Waals surface area contributed by atoms with Gasteiger partial charge in [0.2, 0.25) is 5.91 Å². The van der Waals surface area contributed by atoms with Crippen molar-refractivity contribution < 1.29 is 4.79 Å². The zero-order chi connectivity index (χ0) is 15.5. The largest absolute Gasteiger partial charge is 0.344 e. The Hall–Kier alpha value is -1.41. The van der Waals surface area contributed by atoms with E-state index in [1.165, 1.54) is 11.1 Å². The molecule has 1 aromatic heterocycles. The maximum Gasteiger partial charge on any atom is 0.328 e. The van der Waals surface area contributed by atoms with Gasteiger partial charge in [-0.2, -0.15) is 0 Å². The van der Waals surface area contributed by atoms with Gasteiger partial charge in [0.1, 0.15) is 6.54 Å². The molecule has 0 saturated carbocycles. The summed E-state index contributed by atoms with van der Waals surface area (Å²) in [7, 11) is 1.66. The molecule has 0 unspecified atom stereocenters. The summed E-state index contributed by atoms with van der Waals surface area (Å²) in [6.45, 7) is 4.72. The van der Waals surface area contributed by atoms with Crippen LogP contribution in [0.1, 0.15) is 13.8 Å². The highest BCUT2D eigenvalue weighted by molar-refractivity contribution is 9.10. The van der Waals surface area contributed by atoms with Gasteiger partial charge in [0.15, 0.2) is 0 Å². The zero-order valence-electron chi connectivity index (χ0n) is 11.8. The molecule has 1 aromatic rings. The van der Waals surface area contributed by atoms with Crippen LogP contribution in [0.15, 0.2) is 20.3 Å². The van der Waals surface area contributed by atoms with Crippen LogP contribution in [0.2, 0.25) is 0 Å². The van der Waals surface area contributed by atoms with E-state index in [1.807, 2.05) is 13.8 Å². The number of aromatic nitrogens is 2. The fraction of sp³-hybridized carbons (Fsp3) is 0.583. The van der Waals surface area contributed by atoms with Crippen LogP contribution in [0.25, 0.3) is 0 Å². The summed E-state index contributed by atoms with van der Waals surface area (Å²) >= 11 is 3.02. The van der Waals surface area contributed by atoms with Crippen molar-refractivity contribution in [2.24, 2.45) is 11.1 Å². The number of carbonyl (C=O) groups excluding carboxylic acids is 1. The minimum absolute atomic E-state index is 0.134. The van der Waals surface area contributed by atoms with E-state index in [1.54, 1.807) is 7.05 Å². The van der Waals surface area contributed by atoms with Gasteiger partial charge >= 0.3 is 5.69 Å². The Kier molecular flexibility index (Phi) is 5.29. The average molecular weight is 347 g/mol. The Morgan fingerprint density at radius 3 is 2.65 bits per heavy atom. The van der Waals surface area contributed by atoms with Crippen LogP contribution < -0.4 is 17.0 Å². The first-order valence-corrected chi connectivity index (χ1v) is 6.89. The third kappa shape index (κ3) is 4.31. The molecule has 112 valence electrons. The van der Waals surface area contributed by atoms with Gasteiger partial charge < -0.3 is 10.6 Å². The summed E-state index contributed by atoms with van der Waals surface area (Å²) < 4.78 is 1.36. The van der Waals surface area contributed by atoms with Crippen molar-refractivity contribution in [2.45, 2.75) is 20.4 Å². The van der Waals surface area contributed by atoms with Gasteiger partial charge in [-0.15, -0.1) is 0 Å². The Morgan fingerprint density at radius 1 is 1.50 bits per heavy atom. The maximum absolute atomic E-state index is 12.1. The van der Waals surface area contributed by atoms with Crippen LogP contribution in [0, 0.1) is 5.41 Å². The molecule has 8 heteroatoms. The highest BCUT2D eigenvalue weighted by Gasteiger charge is 2.21. The molecule has 0 aliphatic heterocycles. The summed E-state index contributed by atoms with van der Waals surface area (Å²) in [5, 5.41) is 0. The number of H-pyrrole nitrogens is 1. The molecule has 20 heavy (non-hydrogen) atoms. The summed E-state index contributed by atoms with van der Waals surface area (Å²) in [6.07, 6.45) is 1.31. The molecule has 0 fully saturated rings. The highest BCUT2D eigenvalue weighted by Crippen LogP contribution is 2.14. The molecule has 0 aromatic carbocycles. The van der Waals surface area contributed by atoms with E-state index in [0.29, 0.717) is 13.1 Å². The highest BCUT2D eigenvalue weighted by atomic mass is 79.9. The summed E-state index contributed by atoms with van der Waals surface area (Å²) in [6, 6.07) is 0. The molecule has 0 aliphatic carbocycles. The molecule has 1 heterocycles. The van der Waals surface area contributed by atoms with Crippen LogP contribution in [0.3, 0.4) is 0 Å². The molecule has 0 radical (unpaired) electrons. The van der Waals surface area contributed by atoms with E-state index >= 15 is 0 Å². The monoisotopic (exact) mass is 346 g/mol. The predicted octanol–water partition coefficient (Wildman–Crippen LogP) is -0.258. The number of nitrogens with one attached hydrogen (secondary N) is 1. The first kappa shape index (κ1) is 16.6. The smallest absolute Gasteiger partial charge is 0.328 e. The summed E-state index contributed by atoms with van der Waals surface area (Å²) in [5.41, 5.74) is 4.31. The van der Waals surface area contributed by atoms with Crippen LogP contribution in [0.4, 0.5) is 0 Å². The minimum Gasteiger partial charge on any atom is -0.344 e. The van der Waals surface area contributed by atoms with Gasteiger partial charge in [-0.25, -0.2) is 4.79 Å². The fourth-order valence-corrected chi connectivity index (χ4v) is 2.01. The van der Waals surface area contributed by atoms with Crippen molar-refractivity contribution in [3.05, 3.63) is 31.5 Å². The van der Waals surface area contributed by atoms with Crippen LogP contribution in [-0.4, -0.2) is 40.5 Å². The van der Waals surface area contributed by atoms with Crippen molar-refractivity contribution in [3.8, 4) is 0 Å². The van der Waals surface area contributed by atoms with E-state index in [2.05, 4.69) is 20.9 Å². The van der Waals surface area contributed by atoms with Crippen LogP contribution in [0.5, 0.6) is 0 Å². The number of likely N-dealkylation sites (N-methyl/N-ethyl adjacent to an activating group) is 1. The van der Waals surface area contributed by atoms with Gasteiger partial charge in [-0.3, -0.25) is 19.1 Å². The van der Waals surface area contributed by atoms with Crippen LogP contribution in [-0.2, 0) is 11.3 Å². The molecular formula is C12H19BrN4O3. The third-order valence-electron chi connectivity index (χ3n) is 2.92. The SMILES string of the molecule is CN(CC(C)(C)CN)C(=O)Cn1cc(Br)c(=O)[nH]c1=O. The number of halogens is 1. The normalized spacial score (nSPS) is 11.4. The summed E-state index contributed by atoms with van der Waals surface area (Å²) in [4.78, 5) is 38.5. The second-order valence-corrected chi connectivity index (χ2v) is 6.34. The molecule has 0 aliphatic rings. The number of carbonyl (C=O) groups is 1. The average Bonchev–Trinajstić information content (AvgIpc) is 2.35. The third-order valence-corrected chi connectivity index (χ3v) is 3.48. The molecule has 0 spiro atoms. The number of hydrogen-bond donors (Lipinski definition) is 2. The van der Waals surface area contributed by atoms with E-state index < -0.39 is 11.2 Å². The van der Waals surface area contributed by atoms with Gasteiger partial charge in [-0.1, -0.05) is 13.8 Å². The lowest BCUT2D eigenvalue weighted by atomic mass is 9.93. The molecule has 1 amide bonds. The Labute approximate surface area is 124 Å². The molecule has 0 bridgehead atoms. The first-order chi connectivity index (χ1) is 9.16. The topological polar surface area (TPSA) is 101 Å². The van der Waals surface area contributed by atoms with E-state index in [9.17, 15) is 14.4 Å². The first-order valence-electron chi connectivity index (χ1n) is 6.09. The number of rotatable bonds is 5. The van der Waals surface area contributed by atoms with Crippen molar-refractivity contribution >= 4 is 21.8 Å². The number of amides is 1. The van der Waals surface area contributed by atoms with E-state index in [4.69, 9.17) is 5.73 Å². The second-order valence-electron chi connectivity index (χ2n) is 5.48. The van der Waals surface area contributed by atoms with Crippen molar-refractivity contribution in [1.29, 1.82) is 0 Å². The zero-order valence-corrected chi connectivity index (χ0v) is 13.4. The molecular weight excluding hydrogens is 328 g/mol. The number of nitrogens with zero attached hydrogens (tertiary/aromatic N) is 2. The fourth-order valence-electron chi connectivity index (χ4n) is 1.66. The van der Waals surface area contributed by atoms with E-state index in [-0.39, 0.29) is 22.3 Å². The predicted molar refractivity (Wildman–Crippen MR) is 79.5 cm³/mol. The Bertz CT molecular complexity index is 605. The maximum atomic E-state index is 12.1. The molecule has 0 saturated heterocycles. The quantitative estimate of drug-likeness (QED) is 0.766. The molecule has 3 N–H and O–H groups in total.